The highest BCUT2D eigenvalue weighted by Crippen LogP contribution is 2.59. The van der Waals surface area contributed by atoms with Crippen molar-refractivity contribution in [1.29, 1.82) is 0 Å². The van der Waals surface area contributed by atoms with Gasteiger partial charge in [-0.15, -0.1) is 0 Å². The zero-order valence-corrected chi connectivity index (χ0v) is 18.1. The zero-order chi connectivity index (χ0) is 20.4. The molecule has 1 saturated carbocycles. The molecule has 1 aromatic rings. The standard InChI is InChI=1S/C24H36N2O3/c1-24(2)19-8-7-18(23(24)13-19)16-29-17-21(27)15-25-9-11-26(12-10-25)20-5-4-6-22(14-20)28-3/h4-7,14,19,21,23,27H,8-13,15-17H2,1-3H3/t19-,21-,23+/m0/s1. The van der Waals surface area contributed by atoms with Gasteiger partial charge in [0.1, 0.15) is 5.75 Å². The highest BCUT2D eigenvalue weighted by molar-refractivity contribution is 5.51. The predicted octanol–water partition coefficient (Wildman–Crippen LogP) is 3.19. The van der Waals surface area contributed by atoms with Gasteiger partial charge < -0.3 is 19.5 Å². The molecular weight excluding hydrogens is 364 g/mol. The van der Waals surface area contributed by atoms with Crippen molar-refractivity contribution in [2.45, 2.75) is 32.8 Å². The summed E-state index contributed by atoms with van der Waals surface area (Å²) in [4.78, 5) is 4.72. The molecule has 0 unspecified atom stereocenters. The summed E-state index contributed by atoms with van der Waals surface area (Å²) in [6.45, 7) is 10.4. The minimum atomic E-state index is -0.426. The summed E-state index contributed by atoms with van der Waals surface area (Å²) in [7, 11) is 1.70. The quantitative estimate of drug-likeness (QED) is 0.679. The second-order valence-corrected chi connectivity index (χ2v) is 9.48. The van der Waals surface area contributed by atoms with Gasteiger partial charge in [0, 0.05) is 44.5 Å². The van der Waals surface area contributed by atoms with E-state index in [1.165, 1.54) is 24.1 Å². The molecule has 160 valence electrons. The zero-order valence-electron chi connectivity index (χ0n) is 18.1. The van der Waals surface area contributed by atoms with Gasteiger partial charge in [0.2, 0.25) is 0 Å². The number of allylic oxidation sites excluding steroid dienone is 1. The minimum absolute atomic E-state index is 0.421. The van der Waals surface area contributed by atoms with E-state index in [4.69, 9.17) is 9.47 Å². The molecule has 2 fully saturated rings. The number of methoxy groups -OCH3 is 1. The number of aliphatic hydroxyl groups is 1. The van der Waals surface area contributed by atoms with Gasteiger partial charge in [0.05, 0.1) is 26.4 Å². The Morgan fingerprint density at radius 3 is 2.69 bits per heavy atom. The number of ether oxygens (including phenoxy) is 2. The molecule has 2 bridgehead atoms. The van der Waals surface area contributed by atoms with Crippen LogP contribution in [0.2, 0.25) is 0 Å². The van der Waals surface area contributed by atoms with Crippen LogP contribution in [0.15, 0.2) is 35.9 Å². The molecule has 1 aliphatic heterocycles. The summed E-state index contributed by atoms with van der Waals surface area (Å²) in [6.07, 6.45) is 4.48. The van der Waals surface area contributed by atoms with Crippen molar-refractivity contribution in [1.82, 2.24) is 4.90 Å². The van der Waals surface area contributed by atoms with Crippen molar-refractivity contribution >= 4 is 5.69 Å². The molecule has 29 heavy (non-hydrogen) atoms. The number of piperazine rings is 1. The Bertz CT molecular complexity index is 725. The SMILES string of the molecule is COc1cccc(N2CCN(C[C@H](O)COCC3=CC[C@H]4C[C@H]3C4(C)C)CC2)c1. The number of β-amino-alcohol motifs (C(OH)–C–C–N with tert-alkyl or cyclic N) is 1. The minimum Gasteiger partial charge on any atom is -0.497 e. The number of rotatable bonds is 8. The maximum Gasteiger partial charge on any atom is 0.120 e. The van der Waals surface area contributed by atoms with E-state index in [0.717, 1.165) is 37.8 Å². The fourth-order valence-corrected chi connectivity index (χ4v) is 5.30. The number of anilines is 1. The molecule has 1 heterocycles. The van der Waals surface area contributed by atoms with E-state index in [9.17, 15) is 5.11 Å². The maximum atomic E-state index is 10.4. The van der Waals surface area contributed by atoms with Gasteiger partial charge in [-0.3, -0.25) is 4.90 Å². The Hall–Kier alpha value is -1.56. The molecule has 3 aliphatic carbocycles. The number of fused-ring (bicyclic) bond motifs is 1. The number of hydrogen-bond donors (Lipinski definition) is 1. The molecule has 4 aliphatic rings. The predicted molar refractivity (Wildman–Crippen MR) is 117 cm³/mol. The molecule has 0 amide bonds. The summed E-state index contributed by atoms with van der Waals surface area (Å²) < 4.78 is 11.2. The van der Waals surface area contributed by atoms with Crippen molar-refractivity contribution in [3.05, 3.63) is 35.9 Å². The van der Waals surface area contributed by atoms with Gasteiger partial charge in [0.15, 0.2) is 0 Å². The Morgan fingerprint density at radius 2 is 2.00 bits per heavy atom. The highest BCUT2D eigenvalue weighted by Gasteiger charge is 2.50. The normalized spacial score (nSPS) is 27.2. The van der Waals surface area contributed by atoms with Gasteiger partial charge in [-0.05, 0) is 47.8 Å². The molecule has 3 atom stereocenters. The molecule has 5 nitrogen and oxygen atoms in total. The fraction of sp³-hybridized carbons (Fsp3) is 0.667. The lowest BCUT2D eigenvalue weighted by Gasteiger charge is -2.56. The second kappa shape index (κ2) is 8.66. The smallest absolute Gasteiger partial charge is 0.120 e. The Labute approximate surface area is 175 Å². The summed E-state index contributed by atoms with van der Waals surface area (Å²) in [5.41, 5.74) is 3.10. The lowest BCUT2D eigenvalue weighted by molar-refractivity contribution is -0.0262. The van der Waals surface area contributed by atoms with Gasteiger partial charge in [-0.2, -0.15) is 0 Å². The molecule has 0 radical (unpaired) electrons. The molecule has 1 saturated heterocycles. The van der Waals surface area contributed by atoms with Crippen LogP contribution in [-0.2, 0) is 4.74 Å². The van der Waals surface area contributed by atoms with E-state index in [2.05, 4.69) is 41.9 Å². The molecule has 5 rings (SSSR count). The highest BCUT2D eigenvalue weighted by atomic mass is 16.5. The molecule has 1 N–H and O–H groups in total. The number of nitrogens with zero attached hydrogens (tertiary/aromatic N) is 2. The molecule has 0 aromatic heterocycles. The lowest BCUT2D eigenvalue weighted by Crippen LogP contribution is -2.49. The lowest BCUT2D eigenvalue weighted by atomic mass is 9.49. The van der Waals surface area contributed by atoms with Crippen LogP contribution in [-0.4, -0.2) is 69.2 Å². The van der Waals surface area contributed by atoms with E-state index in [1.807, 2.05) is 12.1 Å². The van der Waals surface area contributed by atoms with Crippen LogP contribution in [0.4, 0.5) is 5.69 Å². The first-order valence-electron chi connectivity index (χ1n) is 11.0. The summed E-state index contributed by atoms with van der Waals surface area (Å²) >= 11 is 0. The fourth-order valence-electron chi connectivity index (χ4n) is 5.30. The van der Waals surface area contributed by atoms with Gasteiger partial charge >= 0.3 is 0 Å². The van der Waals surface area contributed by atoms with Crippen LogP contribution in [0, 0.1) is 17.3 Å². The van der Waals surface area contributed by atoms with E-state index in [-0.39, 0.29) is 0 Å². The molecule has 1 aromatic carbocycles. The number of benzene rings is 1. The van der Waals surface area contributed by atoms with Crippen LogP contribution in [0.25, 0.3) is 0 Å². The van der Waals surface area contributed by atoms with E-state index >= 15 is 0 Å². The first-order chi connectivity index (χ1) is 14.0. The summed E-state index contributed by atoms with van der Waals surface area (Å²) in [6, 6.07) is 8.23. The van der Waals surface area contributed by atoms with E-state index < -0.39 is 6.10 Å². The third-order valence-electron chi connectivity index (χ3n) is 7.42. The van der Waals surface area contributed by atoms with Crippen molar-refractivity contribution in [3.63, 3.8) is 0 Å². The average Bonchev–Trinajstić information content (AvgIpc) is 2.74. The van der Waals surface area contributed by atoms with Gasteiger partial charge in [-0.25, -0.2) is 0 Å². The third kappa shape index (κ3) is 4.47. The van der Waals surface area contributed by atoms with E-state index in [1.54, 1.807) is 7.11 Å². The summed E-state index contributed by atoms with van der Waals surface area (Å²) in [5.74, 6) is 2.44. The number of hydrogen-bond acceptors (Lipinski definition) is 5. The Balaban J connectivity index is 1.17. The first-order valence-corrected chi connectivity index (χ1v) is 11.0. The van der Waals surface area contributed by atoms with Crippen molar-refractivity contribution in [2.75, 3.05) is 57.9 Å². The van der Waals surface area contributed by atoms with Crippen LogP contribution < -0.4 is 9.64 Å². The Kier molecular flexibility index (Phi) is 6.19. The van der Waals surface area contributed by atoms with Crippen LogP contribution in [0.3, 0.4) is 0 Å². The first kappa shape index (κ1) is 20.7. The van der Waals surface area contributed by atoms with Gasteiger partial charge in [0.25, 0.3) is 0 Å². The van der Waals surface area contributed by atoms with Crippen LogP contribution in [0.1, 0.15) is 26.7 Å². The van der Waals surface area contributed by atoms with Crippen molar-refractivity contribution in [3.8, 4) is 5.75 Å². The molecule has 0 spiro atoms. The van der Waals surface area contributed by atoms with Crippen molar-refractivity contribution in [2.24, 2.45) is 17.3 Å². The van der Waals surface area contributed by atoms with E-state index in [0.29, 0.717) is 31.1 Å². The summed E-state index contributed by atoms with van der Waals surface area (Å²) in [5, 5.41) is 10.4. The third-order valence-corrected chi connectivity index (χ3v) is 7.42. The topological polar surface area (TPSA) is 45.2 Å². The average molecular weight is 401 g/mol. The second-order valence-electron chi connectivity index (χ2n) is 9.48. The molecular formula is C24H36N2O3. The Morgan fingerprint density at radius 1 is 1.21 bits per heavy atom. The monoisotopic (exact) mass is 400 g/mol. The van der Waals surface area contributed by atoms with Crippen LogP contribution in [0.5, 0.6) is 5.75 Å². The molecule has 5 heteroatoms. The number of aliphatic hydroxyl groups excluding tert-OH is 1. The maximum absolute atomic E-state index is 10.4. The van der Waals surface area contributed by atoms with Crippen LogP contribution >= 0.6 is 0 Å². The largest absolute Gasteiger partial charge is 0.497 e. The van der Waals surface area contributed by atoms with Crippen molar-refractivity contribution < 1.29 is 14.6 Å². The van der Waals surface area contributed by atoms with Gasteiger partial charge in [-0.1, -0.05) is 26.0 Å².